The quantitative estimate of drug-likeness (QED) is 0.363. The lowest BCUT2D eigenvalue weighted by Gasteiger charge is -2.18. The van der Waals surface area contributed by atoms with E-state index < -0.39 is 5.91 Å². The summed E-state index contributed by atoms with van der Waals surface area (Å²) < 4.78 is 0. The molecule has 0 aliphatic heterocycles. The first-order valence-electron chi connectivity index (χ1n) is 6.18. The monoisotopic (exact) mass is 284 g/mol. The maximum absolute atomic E-state index is 12.2. The molecule has 1 amide bonds. The van der Waals surface area contributed by atoms with Crippen molar-refractivity contribution in [3.8, 4) is 17.6 Å². The number of carbonyl (C=O) groups excluding carboxylic acids is 1. The molecule has 0 heterocycles. The van der Waals surface area contributed by atoms with E-state index in [4.69, 9.17) is 5.26 Å². The van der Waals surface area contributed by atoms with Crippen molar-refractivity contribution in [2.75, 3.05) is 13.1 Å². The first kappa shape index (κ1) is 16.1. The molecule has 5 heteroatoms. The number of amides is 1. The van der Waals surface area contributed by atoms with E-state index in [1.54, 1.807) is 12.2 Å². The molecule has 0 unspecified atom stereocenters. The molecule has 1 aromatic rings. The van der Waals surface area contributed by atoms with Gasteiger partial charge in [0.1, 0.15) is 11.6 Å². The number of aromatic hydroxyl groups is 2. The van der Waals surface area contributed by atoms with Crippen molar-refractivity contribution in [2.45, 2.75) is 0 Å². The molecule has 1 aromatic carbocycles. The Morgan fingerprint density at radius 1 is 1.24 bits per heavy atom. The predicted octanol–water partition coefficient (Wildman–Crippen LogP) is 2.21. The summed E-state index contributed by atoms with van der Waals surface area (Å²) >= 11 is 0. The zero-order valence-corrected chi connectivity index (χ0v) is 11.5. The van der Waals surface area contributed by atoms with Crippen molar-refractivity contribution < 1.29 is 15.0 Å². The highest BCUT2D eigenvalue weighted by atomic mass is 16.3. The lowest BCUT2D eigenvalue weighted by atomic mass is 10.1. The Kier molecular flexibility index (Phi) is 5.78. The fraction of sp³-hybridized carbons (Fsp3) is 0.125. The van der Waals surface area contributed by atoms with Crippen molar-refractivity contribution >= 4 is 12.0 Å². The van der Waals surface area contributed by atoms with Gasteiger partial charge in [-0.25, -0.2) is 0 Å². The number of nitriles is 1. The first-order chi connectivity index (χ1) is 10.0. The van der Waals surface area contributed by atoms with Crippen LogP contribution >= 0.6 is 0 Å². The summed E-state index contributed by atoms with van der Waals surface area (Å²) in [5.41, 5.74) is 0.358. The molecule has 5 nitrogen and oxygen atoms in total. The van der Waals surface area contributed by atoms with Crippen LogP contribution in [0.25, 0.3) is 6.08 Å². The minimum absolute atomic E-state index is 0.0798. The summed E-state index contributed by atoms with van der Waals surface area (Å²) in [6, 6.07) is 5.88. The zero-order valence-electron chi connectivity index (χ0n) is 11.5. The number of nitrogens with zero attached hydrogens (tertiary/aromatic N) is 2. The molecule has 1 rings (SSSR count). The molecule has 0 saturated heterocycles. The molecule has 0 aromatic heterocycles. The summed E-state index contributed by atoms with van der Waals surface area (Å²) in [4.78, 5) is 13.7. The number of phenols is 2. The molecule has 0 spiro atoms. The predicted molar refractivity (Wildman–Crippen MR) is 80.3 cm³/mol. The summed E-state index contributed by atoms with van der Waals surface area (Å²) in [5.74, 6) is -1.04. The van der Waals surface area contributed by atoms with E-state index in [9.17, 15) is 15.0 Å². The number of rotatable bonds is 6. The van der Waals surface area contributed by atoms with E-state index in [-0.39, 0.29) is 17.1 Å². The summed E-state index contributed by atoms with van der Waals surface area (Å²) in [5, 5.41) is 27.8. The molecule has 0 atom stereocenters. The normalized spacial score (nSPS) is 10.5. The van der Waals surface area contributed by atoms with Gasteiger partial charge in [-0.3, -0.25) is 4.79 Å². The third-order valence-electron chi connectivity index (χ3n) is 2.65. The highest BCUT2D eigenvalue weighted by Gasteiger charge is 2.16. The van der Waals surface area contributed by atoms with E-state index >= 15 is 0 Å². The molecule has 0 radical (unpaired) electrons. The molecular weight excluding hydrogens is 268 g/mol. The number of benzene rings is 1. The van der Waals surface area contributed by atoms with E-state index in [1.165, 1.54) is 29.2 Å². The van der Waals surface area contributed by atoms with Crippen molar-refractivity contribution in [1.82, 2.24) is 4.90 Å². The van der Waals surface area contributed by atoms with Crippen LogP contribution in [0.5, 0.6) is 11.5 Å². The molecule has 2 N–H and O–H groups in total. The Bertz CT molecular complexity index is 617. The molecule has 0 bridgehead atoms. The van der Waals surface area contributed by atoms with Gasteiger partial charge < -0.3 is 15.1 Å². The molecule has 21 heavy (non-hydrogen) atoms. The summed E-state index contributed by atoms with van der Waals surface area (Å²) in [6.07, 6.45) is 4.46. The molecule has 108 valence electrons. The fourth-order valence-electron chi connectivity index (χ4n) is 1.66. The fourth-order valence-corrected chi connectivity index (χ4v) is 1.66. The van der Waals surface area contributed by atoms with Gasteiger partial charge in [0.05, 0.1) is 0 Å². The van der Waals surface area contributed by atoms with Gasteiger partial charge in [0, 0.05) is 13.1 Å². The third kappa shape index (κ3) is 4.25. The van der Waals surface area contributed by atoms with Crippen molar-refractivity contribution in [1.29, 1.82) is 5.26 Å². The second kappa shape index (κ2) is 7.56. The van der Waals surface area contributed by atoms with Crippen LogP contribution in [0.15, 0.2) is 49.1 Å². The van der Waals surface area contributed by atoms with E-state index in [0.29, 0.717) is 18.7 Å². The third-order valence-corrected chi connectivity index (χ3v) is 2.65. The standard InChI is InChI=1S/C16H16N2O3/c1-3-7-18(8-4-2)16(21)13(11-17)9-12-5-6-14(19)15(20)10-12/h3-6,9-10,19-20H,1-2,7-8H2/b13-9+. The van der Waals surface area contributed by atoms with Gasteiger partial charge in [0.15, 0.2) is 11.5 Å². The van der Waals surface area contributed by atoms with Gasteiger partial charge in [-0.05, 0) is 23.8 Å². The van der Waals surface area contributed by atoms with Crippen LogP contribution in [-0.2, 0) is 4.79 Å². The van der Waals surface area contributed by atoms with Crippen molar-refractivity contribution in [3.63, 3.8) is 0 Å². The Morgan fingerprint density at radius 2 is 1.86 bits per heavy atom. The zero-order chi connectivity index (χ0) is 15.8. The summed E-state index contributed by atoms with van der Waals surface area (Å²) in [6.45, 7) is 7.72. The van der Waals surface area contributed by atoms with E-state index in [0.717, 1.165) is 0 Å². The molecule has 0 aliphatic rings. The Morgan fingerprint density at radius 3 is 2.33 bits per heavy atom. The van der Waals surface area contributed by atoms with Crippen molar-refractivity contribution in [2.24, 2.45) is 0 Å². The van der Waals surface area contributed by atoms with Crippen LogP contribution in [0.1, 0.15) is 5.56 Å². The average molecular weight is 284 g/mol. The van der Waals surface area contributed by atoms with Gasteiger partial charge in [0.2, 0.25) is 0 Å². The SMILES string of the molecule is C=CCN(CC=C)C(=O)/C(C#N)=C/c1ccc(O)c(O)c1. The Labute approximate surface area is 123 Å². The molecular formula is C16H16N2O3. The van der Waals surface area contributed by atoms with Gasteiger partial charge in [0.25, 0.3) is 5.91 Å². The smallest absolute Gasteiger partial charge is 0.265 e. The number of hydrogen-bond donors (Lipinski definition) is 2. The Balaban J connectivity index is 3.10. The minimum atomic E-state index is -0.454. The van der Waals surface area contributed by atoms with Crippen molar-refractivity contribution in [3.05, 3.63) is 54.6 Å². The first-order valence-corrected chi connectivity index (χ1v) is 6.18. The van der Waals surface area contributed by atoms with Crippen LogP contribution in [0.2, 0.25) is 0 Å². The molecule has 0 aliphatic carbocycles. The van der Waals surface area contributed by atoms with Crippen LogP contribution in [-0.4, -0.2) is 34.1 Å². The lowest BCUT2D eigenvalue weighted by molar-refractivity contribution is -0.125. The highest BCUT2D eigenvalue weighted by molar-refractivity contribution is 6.01. The molecule has 0 fully saturated rings. The largest absolute Gasteiger partial charge is 0.504 e. The maximum atomic E-state index is 12.2. The topological polar surface area (TPSA) is 84.6 Å². The molecule has 0 saturated carbocycles. The number of hydrogen-bond acceptors (Lipinski definition) is 4. The van der Waals surface area contributed by atoms with Gasteiger partial charge in [-0.2, -0.15) is 5.26 Å². The van der Waals surface area contributed by atoms with Crippen LogP contribution in [0, 0.1) is 11.3 Å². The number of phenolic OH excluding ortho intramolecular Hbond substituents is 2. The minimum Gasteiger partial charge on any atom is -0.504 e. The van der Waals surface area contributed by atoms with E-state index in [2.05, 4.69) is 13.2 Å². The van der Waals surface area contributed by atoms with Gasteiger partial charge in [-0.15, -0.1) is 13.2 Å². The summed E-state index contributed by atoms with van der Waals surface area (Å²) in [7, 11) is 0. The maximum Gasteiger partial charge on any atom is 0.265 e. The van der Waals surface area contributed by atoms with Crippen LogP contribution in [0.3, 0.4) is 0 Å². The number of carbonyl (C=O) groups is 1. The lowest BCUT2D eigenvalue weighted by Crippen LogP contribution is -2.32. The van der Waals surface area contributed by atoms with Gasteiger partial charge in [-0.1, -0.05) is 18.2 Å². The average Bonchev–Trinajstić information content (AvgIpc) is 2.47. The highest BCUT2D eigenvalue weighted by Crippen LogP contribution is 2.26. The van der Waals surface area contributed by atoms with Crippen LogP contribution in [0.4, 0.5) is 0 Å². The second-order valence-corrected chi connectivity index (χ2v) is 4.21. The second-order valence-electron chi connectivity index (χ2n) is 4.21. The Hall–Kier alpha value is -3.00. The van der Waals surface area contributed by atoms with Crippen LogP contribution < -0.4 is 0 Å². The van der Waals surface area contributed by atoms with Gasteiger partial charge >= 0.3 is 0 Å². The van der Waals surface area contributed by atoms with E-state index in [1.807, 2.05) is 6.07 Å².